The van der Waals surface area contributed by atoms with E-state index < -0.39 is 6.10 Å². The lowest BCUT2D eigenvalue weighted by Gasteiger charge is -2.24. The van der Waals surface area contributed by atoms with Crippen LogP contribution in [0.4, 0.5) is 0 Å². The van der Waals surface area contributed by atoms with Crippen molar-refractivity contribution >= 4 is 5.91 Å². The van der Waals surface area contributed by atoms with E-state index in [1.165, 1.54) is 0 Å². The molecule has 1 aliphatic heterocycles. The number of carbonyl (C=O) groups excluding carboxylic acids is 1. The first-order chi connectivity index (χ1) is 10.6. The number of likely N-dealkylation sites (tertiary alicyclic amines) is 1. The zero-order valence-corrected chi connectivity index (χ0v) is 13.6. The first-order valence-electron chi connectivity index (χ1n) is 7.91. The van der Waals surface area contributed by atoms with E-state index in [4.69, 9.17) is 4.74 Å². The monoisotopic (exact) mass is 303 g/mol. The second kappa shape index (κ2) is 7.45. The Morgan fingerprint density at radius 2 is 2.14 bits per heavy atom. The molecule has 4 heteroatoms. The highest BCUT2D eigenvalue weighted by Gasteiger charge is 2.34. The smallest absolute Gasteiger partial charge is 0.247 e. The van der Waals surface area contributed by atoms with Crippen molar-refractivity contribution in [2.45, 2.75) is 45.3 Å². The predicted molar refractivity (Wildman–Crippen MR) is 86.7 cm³/mol. The highest BCUT2D eigenvalue weighted by atomic mass is 16.5. The van der Waals surface area contributed by atoms with Crippen LogP contribution in [0, 0.1) is 0 Å². The van der Waals surface area contributed by atoms with Gasteiger partial charge in [0.05, 0.1) is 19.3 Å². The molecule has 0 aromatic heterocycles. The lowest BCUT2D eigenvalue weighted by atomic mass is 10.0. The summed E-state index contributed by atoms with van der Waals surface area (Å²) in [4.78, 5) is 14.3. The molecule has 22 heavy (non-hydrogen) atoms. The number of nitrogens with zero attached hydrogens (tertiary/aromatic N) is 1. The highest BCUT2D eigenvalue weighted by Crippen LogP contribution is 2.34. The van der Waals surface area contributed by atoms with Crippen LogP contribution >= 0.6 is 0 Å². The van der Waals surface area contributed by atoms with Gasteiger partial charge >= 0.3 is 0 Å². The van der Waals surface area contributed by atoms with E-state index in [1.807, 2.05) is 24.3 Å². The van der Waals surface area contributed by atoms with Crippen LogP contribution in [0.3, 0.4) is 0 Å². The first kappa shape index (κ1) is 16.6. The van der Waals surface area contributed by atoms with Crippen molar-refractivity contribution in [1.82, 2.24) is 4.90 Å². The Kier molecular flexibility index (Phi) is 5.61. The van der Waals surface area contributed by atoms with Crippen molar-refractivity contribution in [2.24, 2.45) is 0 Å². The lowest BCUT2D eigenvalue weighted by molar-refractivity contribution is -0.127. The Balaban J connectivity index is 2.25. The number of rotatable bonds is 5. The molecule has 1 fully saturated rings. The van der Waals surface area contributed by atoms with E-state index in [2.05, 4.69) is 13.8 Å². The normalized spacial score (nSPS) is 20.8. The molecule has 1 heterocycles. The van der Waals surface area contributed by atoms with Crippen molar-refractivity contribution in [3.8, 4) is 5.75 Å². The fourth-order valence-corrected chi connectivity index (χ4v) is 2.93. The number of hydrogen-bond donors (Lipinski definition) is 1. The number of amides is 1. The van der Waals surface area contributed by atoms with E-state index in [0.29, 0.717) is 13.0 Å². The van der Waals surface area contributed by atoms with Gasteiger partial charge in [-0.2, -0.15) is 0 Å². The number of carbonyl (C=O) groups is 1. The Labute approximate surface area is 132 Å². The van der Waals surface area contributed by atoms with Gasteiger partial charge in [-0.25, -0.2) is 0 Å². The Bertz CT molecular complexity index is 547. The number of allylic oxidation sites excluding steroid dienone is 1. The van der Waals surface area contributed by atoms with Gasteiger partial charge in [-0.15, -0.1) is 0 Å². The van der Waals surface area contributed by atoms with Crippen molar-refractivity contribution < 1.29 is 14.6 Å². The van der Waals surface area contributed by atoms with E-state index in [9.17, 15) is 9.90 Å². The van der Waals surface area contributed by atoms with Crippen molar-refractivity contribution in [3.05, 3.63) is 41.5 Å². The van der Waals surface area contributed by atoms with Crippen LogP contribution in [0.25, 0.3) is 0 Å². The fourth-order valence-electron chi connectivity index (χ4n) is 2.93. The molecule has 0 saturated carbocycles. The maximum atomic E-state index is 12.6. The van der Waals surface area contributed by atoms with Crippen molar-refractivity contribution in [2.75, 3.05) is 13.7 Å². The summed E-state index contributed by atoms with van der Waals surface area (Å²) in [5.41, 5.74) is 2.14. The second-order valence-corrected chi connectivity index (χ2v) is 5.68. The van der Waals surface area contributed by atoms with Crippen LogP contribution in [0.1, 0.15) is 44.7 Å². The van der Waals surface area contributed by atoms with Crippen LogP contribution in [0.5, 0.6) is 5.75 Å². The van der Waals surface area contributed by atoms with Crippen LogP contribution in [0.2, 0.25) is 0 Å². The third-order valence-electron chi connectivity index (χ3n) is 4.28. The minimum absolute atomic E-state index is 0.0110. The largest absolute Gasteiger partial charge is 0.497 e. The zero-order valence-electron chi connectivity index (χ0n) is 13.6. The molecule has 1 aromatic rings. The van der Waals surface area contributed by atoms with Gasteiger partial charge < -0.3 is 14.7 Å². The number of benzene rings is 1. The summed E-state index contributed by atoms with van der Waals surface area (Å²) >= 11 is 0. The molecule has 1 saturated heterocycles. The number of hydrogen-bond acceptors (Lipinski definition) is 3. The summed E-state index contributed by atoms with van der Waals surface area (Å²) in [6.07, 6.45) is 3.58. The summed E-state index contributed by atoms with van der Waals surface area (Å²) in [6, 6.07) is 7.63. The first-order valence-corrected chi connectivity index (χ1v) is 7.91. The van der Waals surface area contributed by atoms with E-state index in [0.717, 1.165) is 29.7 Å². The highest BCUT2D eigenvalue weighted by molar-refractivity contribution is 5.89. The zero-order chi connectivity index (χ0) is 16.1. The van der Waals surface area contributed by atoms with Gasteiger partial charge in [0.15, 0.2) is 0 Å². The fraction of sp³-hybridized carbons (Fsp3) is 0.500. The molecule has 1 aromatic carbocycles. The summed E-state index contributed by atoms with van der Waals surface area (Å²) in [7, 11) is 1.63. The Hall–Kier alpha value is -1.81. The molecular weight excluding hydrogens is 278 g/mol. The minimum Gasteiger partial charge on any atom is -0.497 e. The SMILES string of the molecule is CCC(=CC(=O)N1CC(O)CC1c1cccc(OC)c1)CC. The average Bonchev–Trinajstić information content (AvgIpc) is 2.94. The standard InChI is InChI=1S/C18H25NO3/c1-4-13(5-2)9-18(21)19-12-15(20)11-17(19)14-7-6-8-16(10-14)22-3/h6-10,15,17,20H,4-5,11-12H2,1-3H3. The number of ether oxygens (including phenoxy) is 1. The number of methoxy groups -OCH3 is 1. The maximum absolute atomic E-state index is 12.6. The van der Waals surface area contributed by atoms with Gasteiger partial charge in [0.25, 0.3) is 0 Å². The van der Waals surface area contributed by atoms with Crippen LogP contribution in [0.15, 0.2) is 35.9 Å². The molecule has 2 unspecified atom stereocenters. The van der Waals surface area contributed by atoms with Gasteiger partial charge in [0.1, 0.15) is 5.75 Å². The van der Waals surface area contributed by atoms with Crippen LogP contribution in [-0.4, -0.2) is 35.7 Å². The predicted octanol–water partition coefficient (Wildman–Crippen LogP) is 3.08. The summed E-state index contributed by atoms with van der Waals surface area (Å²) in [5.74, 6) is 0.757. The molecule has 4 nitrogen and oxygen atoms in total. The molecule has 0 spiro atoms. The summed E-state index contributed by atoms with van der Waals surface area (Å²) in [6.45, 7) is 4.50. The molecular formula is C18H25NO3. The number of aliphatic hydroxyl groups excluding tert-OH is 1. The van der Waals surface area contributed by atoms with Gasteiger partial charge in [-0.05, 0) is 37.0 Å². The minimum atomic E-state index is -0.472. The van der Waals surface area contributed by atoms with E-state index in [1.54, 1.807) is 18.1 Å². The van der Waals surface area contributed by atoms with Crippen molar-refractivity contribution in [1.29, 1.82) is 0 Å². The third kappa shape index (κ3) is 3.69. The molecule has 2 rings (SSSR count). The topological polar surface area (TPSA) is 49.8 Å². The van der Waals surface area contributed by atoms with Crippen LogP contribution < -0.4 is 4.74 Å². The van der Waals surface area contributed by atoms with Crippen LogP contribution in [-0.2, 0) is 4.79 Å². The molecule has 0 radical (unpaired) electrons. The van der Waals surface area contributed by atoms with Gasteiger partial charge in [-0.3, -0.25) is 4.79 Å². The quantitative estimate of drug-likeness (QED) is 0.851. The molecule has 0 aliphatic carbocycles. The number of aliphatic hydroxyl groups is 1. The summed E-state index contributed by atoms with van der Waals surface area (Å²) < 4.78 is 5.26. The van der Waals surface area contributed by atoms with E-state index >= 15 is 0 Å². The Morgan fingerprint density at radius 3 is 2.77 bits per heavy atom. The second-order valence-electron chi connectivity index (χ2n) is 5.68. The molecule has 1 aliphatic rings. The molecule has 1 N–H and O–H groups in total. The van der Waals surface area contributed by atoms with E-state index in [-0.39, 0.29) is 11.9 Å². The maximum Gasteiger partial charge on any atom is 0.247 e. The molecule has 0 bridgehead atoms. The summed E-state index contributed by atoms with van der Waals surface area (Å²) in [5, 5.41) is 10.0. The third-order valence-corrected chi connectivity index (χ3v) is 4.28. The average molecular weight is 303 g/mol. The molecule has 120 valence electrons. The van der Waals surface area contributed by atoms with Gasteiger partial charge in [0, 0.05) is 12.6 Å². The Morgan fingerprint density at radius 1 is 1.41 bits per heavy atom. The molecule has 1 amide bonds. The van der Waals surface area contributed by atoms with Crippen molar-refractivity contribution in [3.63, 3.8) is 0 Å². The molecule has 2 atom stereocenters. The number of β-amino-alcohol motifs (C(OH)–C–C–N with tert-alkyl or cyclic N) is 1. The van der Waals surface area contributed by atoms with Gasteiger partial charge in [0.2, 0.25) is 5.91 Å². The van der Waals surface area contributed by atoms with Gasteiger partial charge in [-0.1, -0.05) is 31.6 Å². The lowest BCUT2D eigenvalue weighted by Crippen LogP contribution is -2.30.